The van der Waals surface area contributed by atoms with Crippen LogP contribution in [0, 0.1) is 0 Å². The highest BCUT2D eigenvalue weighted by molar-refractivity contribution is 7.07. The molecule has 0 fully saturated rings. The van der Waals surface area contributed by atoms with E-state index in [0.717, 1.165) is 0 Å². The van der Waals surface area contributed by atoms with E-state index in [-0.39, 0.29) is 0 Å². The zero-order chi connectivity index (χ0) is 11.4. The number of rotatable bonds is 4. The molecule has 2 nitrogen and oxygen atoms in total. The van der Waals surface area contributed by atoms with Crippen molar-refractivity contribution in [3.8, 4) is 0 Å². The van der Waals surface area contributed by atoms with Crippen molar-refractivity contribution in [2.75, 3.05) is 0 Å². The van der Waals surface area contributed by atoms with Gasteiger partial charge in [0.15, 0.2) is 0 Å². The molecule has 0 radical (unpaired) electrons. The zero-order valence-corrected chi connectivity index (χ0v) is 10.4. The minimum Gasteiger partial charge on any atom is -0.304 e. The van der Waals surface area contributed by atoms with E-state index in [1.807, 2.05) is 12.3 Å². The summed E-state index contributed by atoms with van der Waals surface area (Å²) in [5.41, 5.74) is 2.57. The van der Waals surface area contributed by atoms with Gasteiger partial charge in [0.2, 0.25) is 0 Å². The standard InChI is InChI=1S/C13H16N2S/c1-10(12-4-3-6-14-8-12)15-11(2)13-5-7-16-9-13/h3-11,15H,1-2H3/t10-,11?/m0/s1. The van der Waals surface area contributed by atoms with Crippen LogP contribution in [0.4, 0.5) is 0 Å². The van der Waals surface area contributed by atoms with Crippen LogP contribution in [-0.2, 0) is 0 Å². The van der Waals surface area contributed by atoms with E-state index >= 15 is 0 Å². The number of pyridine rings is 1. The van der Waals surface area contributed by atoms with Crippen molar-refractivity contribution in [2.24, 2.45) is 0 Å². The van der Waals surface area contributed by atoms with Crippen molar-refractivity contribution in [1.82, 2.24) is 10.3 Å². The van der Waals surface area contributed by atoms with Gasteiger partial charge in [-0.15, -0.1) is 0 Å². The molecule has 0 amide bonds. The Hall–Kier alpha value is -1.19. The molecule has 1 unspecified atom stereocenters. The third-order valence-electron chi connectivity index (χ3n) is 2.73. The third kappa shape index (κ3) is 2.68. The van der Waals surface area contributed by atoms with Gasteiger partial charge < -0.3 is 5.32 Å². The Morgan fingerprint density at radius 1 is 1.19 bits per heavy atom. The first-order chi connectivity index (χ1) is 7.77. The van der Waals surface area contributed by atoms with E-state index in [1.54, 1.807) is 17.5 Å². The minimum atomic E-state index is 0.323. The summed E-state index contributed by atoms with van der Waals surface area (Å²) >= 11 is 1.74. The Kier molecular flexibility index (Phi) is 3.70. The van der Waals surface area contributed by atoms with Crippen LogP contribution >= 0.6 is 11.3 Å². The van der Waals surface area contributed by atoms with E-state index in [0.29, 0.717) is 12.1 Å². The number of nitrogens with zero attached hydrogens (tertiary/aromatic N) is 1. The van der Waals surface area contributed by atoms with Gasteiger partial charge in [-0.3, -0.25) is 4.98 Å². The highest BCUT2D eigenvalue weighted by atomic mass is 32.1. The van der Waals surface area contributed by atoms with Crippen molar-refractivity contribution in [2.45, 2.75) is 25.9 Å². The quantitative estimate of drug-likeness (QED) is 0.872. The molecule has 0 spiro atoms. The van der Waals surface area contributed by atoms with Gasteiger partial charge in [0.05, 0.1) is 0 Å². The van der Waals surface area contributed by atoms with Crippen molar-refractivity contribution < 1.29 is 0 Å². The first-order valence-electron chi connectivity index (χ1n) is 5.45. The summed E-state index contributed by atoms with van der Waals surface area (Å²) in [6.07, 6.45) is 3.72. The normalized spacial score (nSPS) is 14.6. The first kappa shape index (κ1) is 11.3. The molecule has 3 heteroatoms. The molecule has 0 aliphatic heterocycles. The van der Waals surface area contributed by atoms with Gasteiger partial charge in [0.25, 0.3) is 0 Å². The lowest BCUT2D eigenvalue weighted by atomic mass is 10.1. The van der Waals surface area contributed by atoms with Crippen molar-refractivity contribution in [1.29, 1.82) is 0 Å². The second kappa shape index (κ2) is 5.23. The maximum atomic E-state index is 4.14. The average Bonchev–Trinajstić information content (AvgIpc) is 2.83. The van der Waals surface area contributed by atoms with Crippen molar-refractivity contribution in [3.05, 3.63) is 52.5 Å². The maximum Gasteiger partial charge on any atom is 0.0315 e. The fourth-order valence-corrected chi connectivity index (χ4v) is 2.48. The molecule has 0 bridgehead atoms. The molecular weight excluding hydrogens is 216 g/mol. The van der Waals surface area contributed by atoms with Gasteiger partial charge in [-0.2, -0.15) is 11.3 Å². The van der Waals surface area contributed by atoms with Crippen LogP contribution in [-0.4, -0.2) is 4.98 Å². The molecule has 0 aliphatic carbocycles. The van der Waals surface area contributed by atoms with Crippen molar-refractivity contribution in [3.63, 3.8) is 0 Å². The van der Waals surface area contributed by atoms with Crippen LogP contribution in [0.2, 0.25) is 0 Å². The smallest absolute Gasteiger partial charge is 0.0315 e. The highest BCUT2D eigenvalue weighted by Gasteiger charge is 2.10. The molecule has 0 aliphatic rings. The van der Waals surface area contributed by atoms with Crippen LogP contribution in [0.25, 0.3) is 0 Å². The summed E-state index contributed by atoms with van der Waals surface area (Å²) in [7, 11) is 0. The van der Waals surface area contributed by atoms with Gasteiger partial charge in [-0.25, -0.2) is 0 Å². The molecule has 0 saturated carbocycles. The second-order valence-corrected chi connectivity index (χ2v) is 4.73. The Balaban J connectivity index is 2.00. The third-order valence-corrected chi connectivity index (χ3v) is 3.43. The summed E-state index contributed by atoms with van der Waals surface area (Å²) in [4.78, 5) is 4.14. The second-order valence-electron chi connectivity index (χ2n) is 3.95. The Morgan fingerprint density at radius 2 is 2.00 bits per heavy atom. The van der Waals surface area contributed by atoms with E-state index in [2.05, 4.69) is 47.0 Å². The predicted molar refractivity (Wildman–Crippen MR) is 68.5 cm³/mol. The van der Waals surface area contributed by atoms with Gasteiger partial charge >= 0.3 is 0 Å². The van der Waals surface area contributed by atoms with E-state index < -0.39 is 0 Å². The monoisotopic (exact) mass is 232 g/mol. The molecule has 1 N–H and O–H groups in total. The number of hydrogen-bond acceptors (Lipinski definition) is 3. The largest absolute Gasteiger partial charge is 0.304 e. The number of hydrogen-bond donors (Lipinski definition) is 1. The van der Waals surface area contributed by atoms with Gasteiger partial charge in [0, 0.05) is 24.5 Å². The van der Waals surface area contributed by atoms with Crippen LogP contribution in [0.3, 0.4) is 0 Å². The molecule has 0 aromatic carbocycles. The number of nitrogens with one attached hydrogen (secondary N) is 1. The van der Waals surface area contributed by atoms with Crippen LogP contribution < -0.4 is 5.32 Å². The first-order valence-corrected chi connectivity index (χ1v) is 6.39. The number of thiophene rings is 1. The summed E-state index contributed by atoms with van der Waals surface area (Å²) < 4.78 is 0. The van der Waals surface area contributed by atoms with E-state index in [1.165, 1.54) is 11.1 Å². The highest BCUT2D eigenvalue weighted by Crippen LogP contribution is 2.20. The average molecular weight is 232 g/mol. The zero-order valence-electron chi connectivity index (χ0n) is 9.55. The Labute approximate surface area is 100 Å². The molecule has 2 rings (SSSR count). The lowest BCUT2D eigenvalue weighted by molar-refractivity contribution is 0.494. The Bertz CT molecular complexity index is 411. The van der Waals surface area contributed by atoms with E-state index in [9.17, 15) is 0 Å². The van der Waals surface area contributed by atoms with Crippen LogP contribution in [0.1, 0.15) is 37.1 Å². The van der Waals surface area contributed by atoms with Crippen LogP contribution in [0.5, 0.6) is 0 Å². The van der Waals surface area contributed by atoms with Gasteiger partial charge in [0.1, 0.15) is 0 Å². The molecular formula is C13H16N2S. The predicted octanol–water partition coefficient (Wildman–Crippen LogP) is 3.55. The van der Waals surface area contributed by atoms with E-state index in [4.69, 9.17) is 0 Å². The topological polar surface area (TPSA) is 24.9 Å². The Morgan fingerprint density at radius 3 is 2.62 bits per heavy atom. The molecule has 2 heterocycles. The molecule has 84 valence electrons. The molecule has 2 atom stereocenters. The molecule has 2 aromatic rings. The molecule has 2 aromatic heterocycles. The lowest BCUT2D eigenvalue weighted by Gasteiger charge is -2.19. The summed E-state index contributed by atoms with van der Waals surface area (Å²) in [6, 6.07) is 6.94. The van der Waals surface area contributed by atoms with Crippen LogP contribution in [0.15, 0.2) is 41.4 Å². The number of aromatic nitrogens is 1. The summed E-state index contributed by atoms with van der Waals surface area (Å²) in [5.74, 6) is 0. The van der Waals surface area contributed by atoms with Crippen molar-refractivity contribution >= 4 is 11.3 Å². The fraction of sp³-hybridized carbons (Fsp3) is 0.308. The minimum absolute atomic E-state index is 0.323. The SMILES string of the molecule is CC(N[C@@H](C)c1cccnc1)c1ccsc1. The van der Waals surface area contributed by atoms with Gasteiger partial charge in [-0.05, 0) is 47.9 Å². The van der Waals surface area contributed by atoms with Gasteiger partial charge in [-0.1, -0.05) is 6.07 Å². The molecule has 16 heavy (non-hydrogen) atoms. The maximum absolute atomic E-state index is 4.14. The lowest BCUT2D eigenvalue weighted by Crippen LogP contribution is -2.22. The summed E-state index contributed by atoms with van der Waals surface area (Å²) in [5, 5.41) is 7.87. The summed E-state index contributed by atoms with van der Waals surface area (Å²) in [6.45, 7) is 4.36. The fourth-order valence-electron chi connectivity index (χ4n) is 1.72. The molecule has 0 saturated heterocycles.